The first-order valence-corrected chi connectivity index (χ1v) is 12.9. The number of carbonyl (C=O) groups excluding carboxylic acids is 1. The maximum atomic E-state index is 12.4. The summed E-state index contributed by atoms with van der Waals surface area (Å²) in [6.07, 6.45) is 6.58. The summed E-state index contributed by atoms with van der Waals surface area (Å²) in [4.78, 5) is 16.9. The van der Waals surface area contributed by atoms with E-state index in [1.165, 1.54) is 30.4 Å². The Hall–Kier alpha value is -1.43. The van der Waals surface area contributed by atoms with Crippen LogP contribution in [-0.2, 0) is 11.2 Å². The molecule has 0 amide bonds. The average molecular weight is 443 g/mol. The minimum absolute atomic E-state index is 0.119. The predicted octanol–water partition coefficient (Wildman–Crippen LogP) is 4.08. The second kappa shape index (κ2) is 9.82. The number of aryl methyl sites for hydroxylation is 1. The van der Waals surface area contributed by atoms with Crippen molar-refractivity contribution in [2.75, 3.05) is 39.8 Å². The van der Waals surface area contributed by atoms with E-state index in [0.29, 0.717) is 30.0 Å². The van der Waals surface area contributed by atoms with Crippen molar-refractivity contribution in [3.05, 3.63) is 29.3 Å². The molecular weight excluding hydrogens is 400 g/mol. The van der Waals surface area contributed by atoms with Crippen LogP contribution in [0.3, 0.4) is 0 Å². The lowest BCUT2D eigenvalue weighted by molar-refractivity contribution is -0.136. The van der Waals surface area contributed by atoms with Gasteiger partial charge in [0, 0.05) is 26.2 Å². The number of hydrogen-bond acceptors (Lipinski definition) is 5. The molecule has 0 aromatic heterocycles. The molecule has 1 aliphatic heterocycles. The van der Waals surface area contributed by atoms with E-state index in [1.807, 2.05) is 19.9 Å². The number of nitrogens with zero attached hydrogens (tertiary/aromatic N) is 2. The van der Waals surface area contributed by atoms with Crippen LogP contribution in [0.4, 0.5) is 0 Å². The molecule has 5 atom stereocenters. The van der Waals surface area contributed by atoms with Gasteiger partial charge in [-0.15, -0.1) is 0 Å². The van der Waals surface area contributed by atoms with Crippen LogP contribution < -0.4 is 4.74 Å². The third-order valence-corrected chi connectivity index (χ3v) is 8.83. The minimum Gasteiger partial charge on any atom is -0.426 e. The molecule has 0 radical (unpaired) electrons. The summed E-state index contributed by atoms with van der Waals surface area (Å²) in [5.41, 5.74) is 2.95. The van der Waals surface area contributed by atoms with Gasteiger partial charge in [-0.2, -0.15) is 0 Å². The van der Waals surface area contributed by atoms with Gasteiger partial charge in [-0.25, -0.2) is 0 Å². The number of aliphatic hydroxyl groups excluding tert-OH is 1. The molecule has 5 heteroatoms. The third-order valence-electron chi connectivity index (χ3n) is 8.83. The number of piperazine rings is 1. The summed E-state index contributed by atoms with van der Waals surface area (Å²) in [5, 5.41) is 10.6. The molecule has 3 fully saturated rings. The Morgan fingerprint density at radius 1 is 1.12 bits per heavy atom. The predicted molar refractivity (Wildman–Crippen MR) is 128 cm³/mol. The zero-order chi connectivity index (χ0) is 22.9. The fourth-order valence-corrected chi connectivity index (χ4v) is 6.95. The first-order chi connectivity index (χ1) is 15.4. The standard InChI is InChI=1S/C25H36N2O3.C2H6/c1-25-10-9-20-19-6-4-18(30-24(29)16-27-13-11-26(2)12-14-27)15-17(19)3-5-21(20)22(25)7-8-23(25)28;1-2/h4,6,15,20-23,28H,3,5,7-14,16H2,1-2H3;1-2H3. The number of aliphatic hydroxyl groups is 1. The topological polar surface area (TPSA) is 53.0 Å². The molecule has 1 aromatic rings. The van der Waals surface area contributed by atoms with Gasteiger partial charge < -0.3 is 14.7 Å². The number of benzene rings is 1. The number of rotatable bonds is 3. The Balaban J connectivity index is 0.00000119. The first-order valence-electron chi connectivity index (χ1n) is 12.9. The van der Waals surface area contributed by atoms with E-state index in [9.17, 15) is 9.90 Å². The SMILES string of the molecule is CC.CN1CCN(CC(=O)Oc2ccc3c(c2)CCC2C3CCC3(C)C(O)CCC23)CC1. The molecule has 0 spiro atoms. The van der Waals surface area contributed by atoms with E-state index >= 15 is 0 Å². The zero-order valence-corrected chi connectivity index (χ0v) is 20.5. The van der Waals surface area contributed by atoms with Gasteiger partial charge in [0.15, 0.2) is 0 Å². The van der Waals surface area contributed by atoms with Crippen LogP contribution in [0.5, 0.6) is 5.75 Å². The molecular formula is C27H42N2O3. The van der Waals surface area contributed by atoms with E-state index in [0.717, 1.165) is 45.4 Å². The first kappa shape index (κ1) is 23.7. The quantitative estimate of drug-likeness (QED) is 0.565. The molecule has 3 aliphatic carbocycles. The van der Waals surface area contributed by atoms with Crippen molar-refractivity contribution in [1.29, 1.82) is 0 Å². The lowest BCUT2D eigenvalue weighted by atomic mass is 9.55. The highest BCUT2D eigenvalue weighted by Gasteiger charge is 2.54. The lowest BCUT2D eigenvalue weighted by Gasteiger charge is -2.50. The third kappa shape index (κ3) is 4.49. The van der Waals surface area contributed by atoms with E-state index < -0.39 is 0 Å². The molecule has 1 N–H and O–H groups in total. The molecule has 5 unspecified atom stereocenters. The maximum absolute atomic E-state index is 12.4. The molecule has 5 rings (SSSR count). The summed E-state index contributed by atoms with van der Waals surface area (Å²) in [6.45, 7) is 10.6. The second-order valence-corrected chi connectivity index (χ2v) is 10.5. The summed E-state index contributed by atoms with van der Waals surface area (Å²) >= 11 is 0. The number of esters is 1. The van der Waals surface area contributed by atoms with Gasteiger partial charge in [0.25, 0.3) is 0 Å². The monoisotopic (exact) mass is 442 g/mol. The summed E-state index contributed by atoms with van der Waals surface area (Å²) < 4.78 is 5.72. The molecule has 0 bridgehead atoms. The van der Waals surface area contributed by atoms with Gasteiger partial charge >= 0.3 is 5.97 Å². The minimum atomic E-state index is -0.151. The summed E-state index contributed by atoms with van der Waals surface area (Å²) in [5.74, 6) is 2.50. The van der Waals surface area contributed by atoms with Crippen molar-refractivity contribution >= 4 is 5.97 Å². The van der Waals surface area contributed by atoms with Gasteiger partial charge in [-0.1, -0.05) is 26.8 Å². The van der Waals surface area contributed by atoms with Crippen molar-refractivity contribution < 1.29 is 14.6 Å². The van der Waals surface area contributed by atoms with Gasteiger partial charge in [-0.05, 0) is 92.0 Å². The van der Waals surface area contributed by atoms with Gasteiger partial charge in [0.1, 0.15) is 5.75 Å². The highest BCUT2D eigenvalue weighted by molar-refractivity contribution is 5.74. The Morgan fingerprint density at radius 3 is 2.62 bits per heavy atom. The van der Waals surface area contributed by atoms with Crippen LogP contribution in [0, 0.1) is 17.3 Å². The van der Waals surface area contributed by atoms with E-state index in [-0.39, 0.29) is 17.5 Å². The molecule has 4 aliphatic rings. The second-order valence-electron chi connectivity index (χ2n) is 10.5. The molecule has 5 nitrogen and oxygen atoms in total. The van der Waals surface area contributed by atoms with Crippen molar-refractivity contribution in [2.45, 2.75) is 71.3 Å². The fraction of sp³-hybridized carbons (Fsp3) is 0.741. The normalized spacial score (nSPS) is 34.5. The van der Waals surface area contributed by atoms with Crippen molar-refractivity contribution in [3.63, 3.8) is 0 Å². The van der Waals surface area contributed by atoms with Crippen LogP contribution >= 0.6 is 0 Å². The average Bonchev–Trinajstić information content (AvgIpc) is 3.11. The molecule has 178 valence electrons. The lowest BCUT2D eigenvalue weighted by Crippen LogP contribution is -2.46. The molecule has 1 saturated heterocycles. The Bertz CT molecular complexity index is 804. The molecule has 32 heavy (non-hydrogen) atoms. The summed E-state index contributed by atoms with van der Waals surface area (Å²) in [7, 11) is 2.12. The Morgan fingerprint density at radius 2 is 1.88 bits per heavy atom. The van der Waals surface area contributed by atoms with Gasteiger partial charge in [0.05, 0.1) is 12.6 Å². The molecule has 2 saturated carbocycles. The largest absolute Gasteiger partial charge is 0.426 e. The maximum Gasteiger partial charge on any atom is 0.325 e. The number of fused-ring (bicyclic) bond motifs is 5. The molecule has 1 heterocycles. The van der Waals surface area contributed by atoms with Crippen LogP contribution in [0.15, 0.2) is 18.2 Å². The van der Waals surface area contributed by atoms with Gasteiger partial charge in [-0.3, -0.25) is 9.69 Å². The Labute approximate surface area is 194 Å². The Kier molecular flexibility index (Phi) is 7.28. The number of hydrogen-bond donors (Lipinski definition) is 1. The smallest absolute Gasteiger partial charge is 0.325 e. The number of likely N-dealkylation sites (N-methyl/N-ethyl adjacent to an activating group) is 1. The van der Waals surface area contributed by atoms with Gasteiger partial charge in [0.2, 0.25) is 0 Å². The van der Waals surface area contributed by atoms with Crippen LogP contribution in [0.1, 0.15) is 69.9 Å². The van der Waals surface area contributed by atoms with E-state index in [1.54, 1.807) is 0 Å². The van der Waals surface area contributed by atoms with Crippen LogP contribution in [-0.4, -0.2) is 66.8 Å². The number of carbonyl (C=O) groups is 1. The number of ether oxygens (including phenoxy) is 1. The van der Waals surface area contributed by atoms with E-state index in [4.69, 9.17) is 4.74 Å². The van der Waals surface area contributed by atoms with Crippen molar-refractivity contribution in [2.24, 2.45) is 17.3 Å². The van der Waals surface area contributed by atoms with Crippen molar-refractivity contribution in [3.8, 4) is 5.75 Å². The summed E-state index contributed by atoms with van der Waals surface area (Å²) in [6, 6.07) is 6.34. The van der Waals surface area contributed by atoms with Crippen LogP contribution in [0.25, 0.3) is 0 Å². The van der Waals surface area contributed by atoms with Crippen LogP contribution in [0.2, 0.25) is 0 Å². The highest BCUT2D eigenvalue weighted by atomic mass is 16.5. The van der Waals surface area contributed by atoms with E-state index in [2.05, 4.69) is 35.9 Å². The highest BCUT2D eigenvalue weighted by Crippen LogP contribution is 2.60. The fourth-order valence-electron chi connectivity index (χ4n) is 6.95. The van der Waals surface area contributed by atoms with Crippen molar-refractivity contribution in [1.82, 2.24) is 9.80 Å². The molecule has 1 aromatic carbocycles. The zero-order valence-electron chi connectivity index (χ0n) is 20.5.